The highest BCUT2D eigenvalue weighted by Crippen LogP contribution is 2.20. The summed E-state index contributed by atoms with van der Waals surface area (Å²) in [5, 5.41) is 2.93. The maximum absolute atomic E-state index is 12.8. The van der Waals surface area contributed by atoms with E-state index in [4.69, 9.17) is 4.74 Å². The molecule has 2 aliphatic heterocycles. The highest BCUT2D eigenvalue weighted by Gasteiger charge is 2.27. The Balaban J connectivity index is 1.62. The molecule has 27 heavy (non-hydrogen) atoms. The summed E-state index contributed by atoms with van der Waals surface area (Å²) >= 11 is 0. The van der Waals surface area contributed by atoms with E-state index in [-0.39, 0.29) is 10.8 Å². The Kier molecular flexibility index (Phi) is 6.86. The van der Waals surface area contributed by atoms with Gasteiger partial charge in [-0.2, -0.15) is 4.31 Å². The van der Waals surface area contributed by atoms with E-state index in [1.165, 1.54) is 23.2 Å². The quantitative estimate of drug-likeness (QED) is 0.703. The Morgan fingerprint density at radius 2 is 1.85 bits per heavy atom. The Morgan fingerprint density at radius 1 is 1.15 bits per heavy atom. The zero-order chi connectivity index (χ0) is 19.3. The maximum Gasteiger partial charge on any atom is 0.251 e. The summed E-state index contributed by atoms with van der Waals surface area (Å²) in [6, 6.07) is 4.77. The number of morpholine rings is 1. The second-order valence-electron chi connectivity index (χ2n) is 7.15. The molecule has 7 nitrogen and oxygen atoms in total. The van der Waals surface area contributed by atoms with Crippen molar-refractivity contribution in [3.8, 4) is 0 Å². The normalized spacial score (nSPS) is 19.3. The molecule has 0 bridgehead atoms. The van der Waals surface area contributed by atoms with Crippen LogP contribution in [-0.2, 0) is 14.8 Å². The number of ether oxygens (including phenoxy) is 1. The van der Waals surface area contributed by atoms with Gasteiger partial charge in [0.25, 0.3) is 5.91 Å². The molecule has 3 rings (SSSR count). The Labute approximate surface area is 161 Å². The van der Waals surface area contributed by atoms with Crippen LogP contribution in [0.25, 0.3) is 0 Å². The van der Waals surface area contributed by atoms with Crippen LogP contribution in [0.4, 0.5) is 0 Å². The standard InChI is InChI=1S/C19H29N3O4S/c1-16-5-6-17(27(24,25)22-11-13-26-14-12-22)15-18(16)19(23)20-7-4-10-21-8-2-3-9-21/h5-6,15H,2-4,7-14H2,1H3,(H,20,23). The van der Waals surface area contributed by atoms with Crippen molar-refractivity contribution in [2.24, 2.45) is 0 Å². The number of nitrogens with one attached hydrogen (secondary N) is 1. The molecule has 0 aromatic heterocycles. The van der Waals surface area contributed by atoms with Crippen LogP contribution < -0.4 is 5.32 Å². The summed E-state index contributed by atoms with van der Waals surface area (Å²) in [5.74, 6) is -0.215. The Hall–Kier alpha value is -1.48. The molecule has 2 heterocycles. The van der Waals surface area contributed by atoms with E-state index >= 15 is 0 Å². The molecule has 0 radical (unpaired) electrons. The van der Waals surface area contributed by atoms with Gasteiger partial charge >= 0.3 is 0 Å². The van der Waals surface area contributed by atoms with E-state index in [0.717, 1.165) is 31.6 Å². The molecule has 2 fully saturated rings. The van der Waals surface area contributed by atoms with Crippen LogP contribution in [0, 0.1) is 6.92 Å². The third-order valence-corrected chi connectivity index (χ3v) is 7.09. The topological polar surface area (TPSA) is 78.9 Å². The predicted octanol–water partition coefficient (Wildman–Crippen LogP) is 1.23. The van der Waals surface area contributed by atoms with Gasteiger partial charge in [0.05, 0.1) is 18.1 Å². The molecule has 0 spiro atoms. The first-order valence-corrected chi connectivity index (χ1v) is 11.1. The molecule has 0 atom stereocenters. The van der Waals surface area contributed by atoms with Gasteiger partial charge in [0, 0.05) is 25.2 Å². The summed E-state index contributed by atoms with van der Waals surface area (Å²) in [6.07, 6.45) is 3.42. The summed E-state index contributed by atoms with van der Waals surface area (Å²) in [4.78, 5) is 15.1. The van der Waals surface area contributed by atoms with Crippen LogP contribution in [0.2, 0.25) is 0 Å². The lowest BCUT2D eigenvalue weighted by Crippen LogP contribution is -2.40. The van der Waals surface area contributed by atoms with Crippen molar-refractivity contribution in [1.82, 2.24) is 14.5 Å². The summed E-state index contributed by atoms with van der Waals surface area (Å²) < 4.78 is 32.3. The highest BCUT2D eigenvalue weighted by molar-refractivity contribution is 7.89. The lowest BCUT2D eigenvalue weighted by molar-refractivity contribution is 0.0730. The summed E-state index contributed by atoms with van der Waals surface area (Å²) in [6.45, 7) is 7.18. The Morgan fingerprint density at radius 3 is 2.56 bits per heavy atom. The van der Waals surface area contributed by atoms with E-state index in [9.17, 15) is 13.2 Å². The first-order valence-electron chi connectivity index (χ1n) is 9.67. The molecule has 8 heteroatoms. The average Bonchev–Trinajstić information content (AvgIpc) is 3.19. The van der Waals surface area contributed by atoms with E-state index in [0.29, 0.717) is 38.4 Å². The number of carbonyl (C=O) groups excluding carboxylic acids is 1. The molecule has 1 amide bonds. The van der Waals surface area contributed by atoms with E-state index in [1.54, 1.807) is 12.1 Å². The van der Waals surface area contributed by atoms with Gasteiger partial charge in [0.1, 0.15) is 0 Å². The minimum atomic E-state index is -3.60. The monoisotopic (exact) mass is 395 g/mol. The zero-order valence-electron chi connectivity index (χ0n) is 15.9. The van der Waals surface area contributed by atoms with Crippen LogP contribution in [0.3, 0.4) is 0 Å². The molecule has 2 aliphatic rings. The number of hydrogen-bond donors (Lipinski definition) is 1. The van der Waals surface area contributed by atoms with E-state index in [1.807, 2.05) is 6.92 Å². The van der Waals surface area contributed by atoms with Crippen molar-refractivity contribution < 1.29 is 17.9 Å². The van der Waals surface area contributed by atoms with E-state index < -0.39 is 10.0 Å². The lowest BCUT2D eigenvalue weighted by atomic mass is 10.1. The molecule has 2 saturated heterocycles. The second-order valence-corrected chi connectivity index (χ2v) is 9.09. The van der Waals surface area contributed by atoms with Gasteiger partial charge in [-0.3, -0.25) is 4.79 Å². The Bertz CT molecular complexity index is 754. The number of nitrogens with zero attached hydrogens (tertiary/aromatic N) is 2. The summed E-state index contributed by atoms with van der Waals surface area (Å²) in [7, 11) is -3.60. The zero-order valence-corrected chi connectivity index (χ0v) is 16.8. The molecular formula is C19H29N3O4S. The number of rotatable bonds is 7. The number of aryl methyl sites for hydroxylation is 1. The lowest BCUT2D eigenvalue weighted by Gasteiger charge is -2.26. The van der Waals surface area contributed by atoms with Crippen molar-refractivity contribution in [1.29, 1.82) is 0 Å². The van der Waals surface area contributed by atoms with Crippen molar-refractivity contribution >= 4 is 15.9 Å². The number of amides is 1. The smallest absolute Gasteiger partial charge is 0.251 e. The van der Waals surface area contributed by atoms with Gasteiger partial charge in [0.2, 0.25) is 10.0 Å². The molecule has 1 aromatic carbocycles. The van der Waals surface area contributed by atoms with Gasteiger partial charge in [-0.05, 0) is 63.5 Å². The van der Waals surface area contributed by atoms with Gasteiger partial charge in [0.15, 0.2) is 0 Å². The first kappa shape index (κ1) is 20.3. The average molecular weight is 396 g/mol. The SMILES string of the molecule is Cc1ccc(S(=O)(=O)N2CCOCC2)cc1C(=O)NCCCN1CCCC1. The molecule has 1 aromatic rings. The van der Waals surface area contributed by atoms with Crippen molar-refractivity contribution in [2.45, 2.75) is 31.1 Å². The van der Waals surface area contributed by atoms with Gasteiger partial charge in [-0.15, -0.1) is 0 Å². The van der Waals surface area contributed by atoms with Crippen LogP contribution >= 0.6 is 0 Å². The van der Waals surface area contributed by atoms with Gasteiger partial charge in [-0.1, -0.05) is 6.07 Å². The molecule has 150 valence electrons. The van der Waals surface area contributed by atoms with Crippen LogP contribution in [0.15, 0.2) is 23.1 Å². The number of sulfonamides is 1. The van der Waals surface area contributed by atoms with Crippen molar-refractivity contribution in [3.05, 3.63) is 29.3 Å². The third-order valence-electron chi connectivity index (χ3n) is 5.20. The fourth-order valence-electron chi connectivity index (χ4n) is 3.55. The number of carbonyl (C=O) groups is 1. The van der Waals surface area contributed by atoms with Gasteiger partial charge < -0.3 is 15.0 Å². The molecule has 0 unspecified atom stereocenters. The van der Waals surface area contributed by atoms with Crippen LogP contribution in [-0.4, -0.2) is 76.0 Å². The molecular weight excluding hydrogens is 366 g/mol. The fraction of sp³-hybridized carbons (Fsp3) is 0.632. The number of likely N-dealkylation sites (tertiary alicyclic amines) is 1. The van der Waals surface area contributed by atoms with Crippen LogP contribution in [0.5, 0.6) is 0 Å². The van der Waals surface area contributed by atoms with Gasteiger partial charge in [-0.25, -0.2) is 8.42 Å². The predicted molar refractivity (Wildman–Crippen MR) is 103 cm³/mol. The van der Waals surface area contributed by atoms with Crippen molar-refractivity contribution in [2.75, 3.05) is 52.5 Å². The minimum Gasteiger partial charge on any atom is -0.379 e. The van der Waals surface area contributed by atoms with Crippen LogP contribution in [0.1, 0.15) is 35.2 Å². The number of benzene rings is 1. The molecule has 0 saturated carbocycles. The molecule has 0 aliphatic carbocycles. The minimum absolute atomic E-state index is 0.164. The third kappa shape index (κ3) is 5.07. The number of hydrogen-bond acceptors (Lipinski definition) is 5. The largest absolute Gasteiger partial charge is 0.379 e. The van der Waals surface area contributed by atoms with E-state index in [2.05, 4.69) is 10.2 Å². The first-order chi connectivity index (χ1) is 13.0. The van der Waals surface area contributed by atoms with Crippen molar-refractivity contribution in [3.63, 3.8) is 0 Å². The highest BCUT2D eigenvalue weighted by atomic mass is 32.2. The second kappa shape index (κ2) is 9.14. The fourth-order valence-corrected chi connectivity index (χ4v) is 4.98. The maximum atomic E-state index is 12.8. The molecule has 1 N–H and O–H groups in total. The summed E-state index contributed by atoms with van der Waals surface area (Å²) in [5.41, 5.74) is 1.19.